The number of imidazole rings is 1. The van der Waals surface area contributed by atoms with E-state index >= 15 is 0 Å². The molecule has 0 fully saturated rings. The van der Waals surface area contributed by atoms with Crippen LogP contribution < -0.4 is 0 Å². The van der Waals surface area contributed by atoms with E-state index in [4.69, 9.17) is 4.74 Å². The fourth-order valence-corrected chi connectivity index (χ4v) is 5.04. The van der Waals surface area contributed by atoms with Gasteiger partial charge in [-0.05, 0) is 30.3 Å². The van der Waals surface area contributed by atoms with Crippen LogP contribution >= 0.6 is 0 Å². The Hall–Kier alpha value is -4.42. The fraction of sp³-hybridized carbons (Fsp3) is 0.172. The molecule has 0 atom stereocenters. The van der Waals surface area contributed by atoms with Gasteiger partial charge in [-0.3, -0.25) is 4.79 Å². The Labute approximate surface area is 228 Å². The van der Waals surface area contributed by atoms with E-state index in [2.05, 4.69) is 11.6 Å². The predicted octanol–water partition coefficient (Wildman–Crippen LogP) is 6.44. The minimum absolute atomic E-state index is 0.00450. The predicted molar refractivity (Wildman–Crippen MR) is 139 cm³/mol. The van der Waals surface area contributed by atoms with Crippen molar-refractivity contribution >= 4 is 28.4 Å². The molecule has 0 saturated carbocycles. The molecule has 12 heteroatoms. The van der Waals surface area contributed by atoms with Crippen LogP contribution in [0.3, 0.4) is 0 Å². The van der Waals surface area contributed by atoms with Crippen LogP contribution in [0.25, 0.3) is 33.8 Å². The van der Waals surface area contributed by atoms with Gasteiger partial charge in [0.2, 0.25) is 5.78 Å². The molecule has 3 heterocycles. The Kier molecular flexibility index (Phi) is 7.00. The SMILES string of the molecule is C=Cc1cc(C(=O)c2cc(F)c(F)c(F)c2)n2cccc(-c3c(C(F)(F)F)cc4c(nc(COC)n4C)c3CO)c12. The molecule has 3 aromatic heterocycles. The zero-order valence-electron chi connectivity index (χ0n) is 21.6. The lowest BCUT2D eigenvalue weighted by Gasteiger charge is -2.19. The van der Waals surface area contributed by atoms with E-state index in [1.165, 1.54) is 53.6 Å². The Morgan fingerprint density at radius 2 is 1.83 bits per heavy atom. The first kappa shape index (κ1) is 28.1. The number of aryl methyl sites for hydroxylation is 1. The number of carbonyl (C=O) groups is 1. The van der Waals surface area contributed by atoms with Gasteiger partial charge >= 0.3 is 6.18 Å². The van der Waals surface area contributed by atoms with Crippen LogP contribution in [0.4, 0.5) is 26.3 Å². The van der Waals surface area contributed by atoms with Crippen molar-refractivity contribution in [3.05, 3.63) is 100 Å². The van der Waals surface area contributed by atoms with Gasteiger partial charge in [0, 0.05) is 48.2 Å². The van der Waals surface area contributed by atoms with Gasteiger partial charge in [-0.1, -0.05) is 18.7 Å². The summed E-state index contributed by atoms with van der Waals surface area (Å²) in [6, 6.07) is 6.09. The van der Waals surface area contributed by atoms with Crippen LogP contribution in [0, 0.1) is 17.5 Å². The largest absolute Gasteiger partial charge is 0.417 e. The first-order valence-corrected chi connectivity index (χ1v) is 12.1. The number of fused-ring (bicyclic) bond motifs is 2. The number of hydrogen-bond acceptors (Lipinski definition) is 4. The third kappa shape index (κ3) is 4.49. The summed E-state index contributed by atoms with van der Waals surface area (Å²) in [7, 11) is 2.95. The number of aromatic nitrogens is 3. The van der Waals surface area contributed by atoms with Crippen molar-refractivity contribution in [2.75, 3.05) is 7.11 Å². The molecule has 0 aliphatic heterocycles. The number of aliphatic hydroxyl groups is 1. The molecule has 5 rings (SSSR count). The standard InChI is InChI=1S/C29H21F6N3O3/c1-4-14-10-22(28(40)15-8-19(30)25(32)20(31)9-15)38-7-5-6-16(27(14)38)24-17(12-39)26-21(11-18(24)29(33,34)35)37(2)23(36-26)13-41-3/h4-11,39H,1,12-13H2,2-3H3. The molecule has 6 nitrogen and oxygen atoms in total. The summed E-state index contributed by atoms with van der Waals surface area (Å²) in [4.78, 5) is 17.8. The van der Waals surface area contributed by atoms with Crippen molar-refractivity contribution in [3.63, 3.8) is 0 Å². The van der Waals surface area contributed by atoms with Crippen LogP contribution in [0.2, 0.25) is 0 Å². The lowest BCUT2D eigenvalue weighted by molar-refractivity contribution is -0.137. The molecule has 41 heavy (non-hydrogen) atoms. The number of carbonyl (C=O) groups excluding carboxylic acids is 1. The maximum absolute atomic E-state index is 14.6. The van der Waals surface area contributed by atoms with Crippen molar-refractivity contribution in [1.29, 1.82) is 0 Å². The van der Waals surface area contributed by atoms with E-state index in [-0.39, 0.29) is 51.1 Å². The summed E-state index contributed by atoms with van der Waals surface area (Å²) in [5, 5.41) is 10.4. The zero-order valence-corrected chi connectivity index (χ0v) is 21.6. The second kappa shape index (κ2) is 10.2. The number of nitrogens with zero attached hydrogens (tertiary/aromatic N) is 3. The van der Waals surface area contributed by atoms with Crippen molar-refractivity contribution in [2.24, 2.45) is 7.05 Å². The molecule has 1 N–H and O–H groups in total. The number of rotatable bonds is 7. The smallest absolute Gasteiger partial charge is 0.392 e. The molecular formula is C29H21F6N3O3. The third-order valence-corrected chi connectivity index (χ3v) is 6.89. The Bertz CT molecular complexity index is 1850. The maximum Gasteiger partial charge on any atom is 0.417 e. The van der Waals surface area contributed by atoms with E-state index in [0.29, 0.717) is 18.0 Å². The second-order valence-electron chi connectivity index (χ2n) is 9.23. The van der Waals surface area contributed by atoms with Crippen LogP contribution in [0.5, 0.6) is 0 Å². The molecule has 0 aliphatic rings. The van der Waals surface area contributed by atoms with Crippen LogP contribution in [-0.2, 0) is 31.2 Å². The van der Waals surface area contributed by atoms with E-state index in [1.807, 2.05) is 0 Å². The van der Waals surface area contributed by atoms with Crippen LogP contribution in [0.1, 0.15) is 38.6 Å². The minimum atomic E-state index is -4.87. The van der Waals surface area contributed by atoms with Gasteiger partial charge in [0.15, 0.2) is 17.5 Å². The minimum Gasteiger partial charge on any atom is -0.392 e. The highest BCUT2D eigenvalue weighted by Crippen LogP contribution is 2.44. The molecule has 0 unspecified atom stereocenters. The number of alkyl halides is 3. The normalized spacial score (nSPS) is 12.0. The van der Waals surface area contributed by atoms with E-state index < -0.39 is 47.1 Å². The Morgan fingerprint density at radius 3 is 2.41 bits per heavy atom. The van der Waals surface area contributed by atoms with E-state index in [1.54, 1.807) is 0 Å². The summed E-state index contributed by atoms with van der Waals surface area (Å²) in [5.74, 6) is -5.46. The first-order valence-electron chi connectivity index (χ1n) is 12.1. The quantitative estimate of drug-likeness (QED) is 0.138. The van der Waals surface area contributed by atoms with Crippen LogP contribution in [-0.4, -0.2) is 32.0 Å². The Morgan fingerprint density at radius 1 is 1.15 bits per heavy atom. The van der Waals surface area contributed by atoms with Crippen molar-refractivity contribution in [2.45, 2.75) is 19.4 Å². The molecule has 0 radical (unpaired) electrons. The average molecular weight is 573 g/mol. The number of ketones is 1. The molecule has 0 amide bonds. The van der Waals surface area contributed by atoms with Gasteiger partial charge in [-0.25, -0.2) is 18.2 Å². The third-order valence-electron chi connectivity index (χ3n) is 6.89. The Balaban J connectivity index is 1.85. The molecule has 0 aliphatic carbocycles. The van der Waals surface area contributed by atoms with Gasteiger partial charge in [-0.15, -0.1) is 0 Å². The van der Waals surface area contributed by atoms with Gasteiger partial charge < -0.3 is 18.8 Å². The van der Waals surface area contributed by atoms with Gasteiger partial charge in [-0.2, -0.15) is 13.2 Å². The molecule has 212 valence electrons. The monoisotopic (exact) mass is 573 g/mol. The maximum atomic E-state index is 14.6. The summed E-state index contributed by atoms with van der Waals surface area (Å²) >= 11 is 0. The van der Waals surface area contributed by atoms with Crippen molar-refractivity contribution in [1.82, 2.24) is 14.0 Å². The van der Waals surface area contributed by atoms with Crippen LogP contribution in [0.15, 0.2) is 49.2 Å². The number of pyridine rings is 1. The zero-order chi connectivity index (χ0) is 29.8. The summed E-state index contributed by atoms with van der Waals surface area (Å²) in [5.41, 5.74) is -1.60. The molecule has 0 bridgehead atoms. The van der Waals surface area contributed by atoms with Gasteiger partial charge in [0.25, 0.3) is 0 Å². The summed E-state index contributed by atoms with van der Waals surface area (Å²) in [6.07, 6.45) is -2.17. The van der Waals surface area contributed by atoms with Gasteiger partial charge in [0.05, 0.1) is 34.4 Å². The first-order chi connectivity index (χ1) is 19.4. The topological polar surface area (TPSA) is 68.8 Å². The highest BCUT2D eigenvalue weighted by atomic mass is 19.4. The fourth-order valence-electron chi connectivity index (χ4n) is 5.04. The lowest BCUT2D eigenvalue weighted by Crippen LogP contribution is -2.11. The number of aliphatic hydroxyl groups excluding tert-OH is 1. The van der Waals surface area contributed by atoms with Crippen molar-refractivity contribution < 1.29 is 41.0 Å². The number of ether oxygens (including phenoxy) is 1. The summed E-state index contributed by atoms with van der Waals surface area (Å²) < 4.78 is 92.9. The highest BCUT2D eigenvalue weighted by Gasteiger charge is 2.37. The number of benzene rings is 2. The lowest BCUT2D eigenvalue weighted by atomic mass is 9.91. The number of methoxy groups -OCH3 is 1. The van der Waals surface area contributed by atoms with E-state index in [9.17, 15) is 36.2 Å². The number of hydrogen-bond donors (Lipinski definition) is 1. The van der Waals surface area contributed by atoms with Gasteiger partial charge in [0.1, 0.15) is 12.4 Å². The number of halogens is 6. The average Bonchev–Trinajstić information content (AvgIpc) is 3.47. The summed E-state index contributed by atoms with van der Waals surface area (Å²) in [6.45, 7) is 2.92. The second-order valence-corrected chi connectivity index (χ2v) is 9.23. The molecule has 5 aromatic rings. The van der Waals surface area contributed by atoms with E-state index in [0.717, 1.165) is 6.07 Å². The molecule has 2 aromatic carbocycles. The highest BCUT2D eigenvalue weighted by molar-refractivity contribution is 6.10. The molecular weight excluding hydrogens is 552 g/mol. The van der Waals surface area contributed by atoms with Crippen molar-refractivity contribution in [3.8, 4) is 11.1 Å². The molecule has 0 saturated heterocycles. The molecule has 0 spiro atoms.